The van der Waals surface area contributed by atoms with Gasteiger partial charge in [-0.2, -0.15) is 5.26 Å². The first-order valence-corrected chi connectivity index (χ1v) is 11.9. The van der Waals surface area contributed by atoms with Crippen LogP contribution in [0.1, 0.15) is 55.4 Å². The molecule has 1 aliphatic heterocycles. The monoisotopic (exact) mass is 464 g/mol. The largest absolute Gasteiger partial charge is 0.383 e. The van der Waals surface area contributed by atoms with E-state index in [1.807, 2.05) is 41.3 Å². The number of nitrogens with zero attached hydrogens (tertiary/aromatic N) is 5. The molecule has 1 aliphatic rings. The quantitative estimate of drug-likeness (QED) is 0.606. The van der Waals surface area contributed by atoms with E-state index in [1.54, 1.807) is 13.3 Å². The van der Waals surface area contributed by atoms with Crippen molar-refractivity contribution >= 4 is 11.7 Å². The second-order valence-electron chi connectivity index (χ2n) is 9.96. The molecular weight excluding hydrogens is 428 g/mol. The second kappa shape index (κ2) is 11.9. The van der Waals surface area contributed by atoms with E-state index in [0.717, 1.165) is 38.0 Å². The fraction of sp³-hybridized carbons (Fsp3) is 0.538. The Morgan fingerprint density at radius 1 is 1.26 bits per heavy atom. The van der Waals surface area contributed by atoms with Crippen LogP contribution >= 0.6 is 0 Å². The number of nitrogens with one attached hydrogen (secondary N) is 1. The number of ether oxygens (including phenoxy) is 1. The molecule has 0 spiro atoms. The number of amides is 1. The maximum absolute atomic E-state index is 13.6. The molecule has 0 unspecified atom stereocenters. The van der Waals surface area contributed by atoms with Gasteiger partial charge >= 0.3 is 0 Å². The van der Waals surface area contributed by atoms with E-state index < -0.39 is 0 Å². The Morgan fingerprint density at radius 3 is 2.59 bits per heavy atom. The number of carbonyl (C=O) groups excluding carboxylic acids is 1. The topological polar surface area (TPSA) is 94.4 Å². The number of carbonyl (C=O) groups is 1. The number of rotatable bonds is 9. The number of methoxy groups -OCH3 is 1. The van der Waals surface area contributed by atoms with Gasteiger partial charge in [-0.05, 0) is 30.4 Å². The highest BCUT2D eigenvalue weighted by atomic mass is 16.5. The Balaban J connectivity index is 1.86. The van der Waals surface area contributed by atoms with Crippen LogP contribution < -0.4 is 5.32 Å². The van der Waals surface area contributed by atoms with E-state index in [2.05, 4.69) is 41.0 Å². The first-order chi connectivity index (χ1) is 16.3. The average Bonchev–Trinajstić information content (AvgIpc) is 2.85. The Morgan fingerprint density at radius 2 is 1.97 bits per heavy atom. The number of anilines is 1. The van der Waals surface area contributed by atoms with Crippen LogP contribution in [-0.4, -0.2) is 71.6 Å². The van der Waals surface area contributed by atoms with Crippen molar-refractivity contribution in [3.63, 3.8) is 0 Å². The minimum atomic E-state index is 0.00192. The molecule has 0 bridgehead atoms. The molecule has 2 heterocycles. The summed E-state index contributed by atoms with van der Waals surface area (Å²) in [5.41, 5.74) is 1.52. The summed E-state index contributed by atoms with van der Waals surface area (Å²) in [4.78, 5) is 26.6. The maximum Gasteiger partial charge on any atom is 0.254 e. The highest BCUT2D eigenvalue weighted by molar-refractivity contribution is 5.94. The Kier molecular flexibility index (Phi) is 8.97. The van der Waals surface area contributed by atoms with Crippen molar-refractivity contribution < 1.29 is 9.53 Å². The van der Waals surface area contributed by atoms with E-state index in [-0.39, 0.29) is 23.2 Å². The number of hydrogen-bond acceptors (Lipinski definition) is 7. The van der Waals surface area contributed by atoms with E-state index in [0.29, 0.717) is 31.1 Å². The average molecular weight is 465 g/mol. The third kappa shape index (κ3) is 7.24. The van der Waals surface area contributed by atoms with Gasteiger partial charge in [-0.3, -0.25) is 4.79 Å². The van der Waals surface area contributed by atoms with Gasteiger partial charge in [0.25, 0.3) is 5.91 Å². The van der Waals surface area contributed by atoms with Gasteiger partial charge in [0, 0.05) is 56.7 Å². The summed E-state index contributed by atoms with van der Waals surface area (Å²) in [6.07, 6.45) is 3.46. The predicted octanol–water partition coefficient (Wildman–Crippen LogP) is 3.56. The van der Waals surface area contributed by atoms with Crippen LogP contribution in [0.5, 0.6) is 0 Å². The van der Waals surface area contributed by atoms with Crippen LogP contribution in [0.2, 0.25) is 0 Å². The van der Waals surface area contributed by atoms with E-state index in [1.165, 1.54) is 0 Å². The summed E-state index contributed by atoms with van der Waals surface area (Å²) in [5.74, 6) is 0.736. The SMILES string of the molecule is COCCN1CCC(N(Cc2cnc(C#N)nc2NCC(C)(C)C)C(=O)c2ccccc2)CC1. The van der Waals surface area contributed by atoms with Crippen molar-refractivity contribution in [2.45, 2.75) is 46.2 Å². The van der Waals surface area contributed by atoms with Crippen LogP contribution in [0.15, 0.2) is 36.5 Å². The Hall–Kier alpha value is -3.02. The highest BCUT2D eigenvalue weighted by Gasteiger charge is 2.29. The summed E-state index contributed by atoms with van der Waals surface area (Å²) in [6, 6.07) is 11.5. The van der Waals surface area contributed by atoms with Gasteiger partial charge in [0.05, 0.1) is 13.2 Å². The minimum Gasteiger partial charge on any atom is -0.383 e. The van der Waals surface area contributed by atoms with Crippen LogP contribution in [-0.2, 0) is 11.3 Å². The molecule has 34 heavy (non-hydrogen) atoms. The van der Waals surface area contributed by atoms with Crippen LogP contribution in [0.3, 0.4) is 0 Å². The molecular formula is C26H36N6O2. The van der Waals surface area contributed by atoms with Gasteiger partial charge in [-0.25, -0.2) is 9.97 Å². The molecule has 0 saturated carbocycles. The normalized spacial score (nSPS) is 15.0. The van der Waals surface area contributed by atoms with Gasteiger partial charge in [0.1, 0.15) is 11.9 Å². The smallest absolute Gasteiger partial charge is 0.254 e. The Labute approximate surface area is 202 Å². The van der Waals surface area contributed by atoms with Crippen molar-refractivity contribution in [2.24, 2.45) is 5.41 Å². The number of aromatic nitrogens is 2. The van der Waals surface area contributed by atoms with Crippen molar-refractivity contribution in [3.8, 4) is 6.07 Å². The number of nitriles is 1. The zero-order chi connectivity index (χ0) is 24.6. The Bertz CT molecular complexity index is 975. The van der Waals surface area contributed by atoms with Crippen molar-refractivity contribution in [1.82, 2.24) is 19.8 Å². The molecule has 2 aromatic rings. The number of benzene rings is 1. The van der Waals surface area contributed by atoms with Crippen LogP contribution in [0.25, 0.3) is 0 Å². The van der Waals surface area contributed by atoms with Crippen LogP contribution in [0, 0.1) is 16.7 Å². The van der Waals surface area contributed by atoms with Gasteiger partial charge in [0.15, 0.2) is 0 Å². The summed E-state index contributed by atoms with van der Waals surface area (Å²) in [5, 5.41) is 12.7. The van der Waals surface area contributed by atoms with E-state index in [4.69, 9.17) is 4.74 Å². The fourth-order valence-electron chi connectivity index (χ4n) is 4.05. The summed E-state index contributed by atoms with van der Waals surface area (Å²) in [7, 11) is 1.72. The first-order valence-electron chi connectivity index (χ1n) is 11.9. The summed E-state index contributed by atoms with van der Waals surface area (Å²) in [6.45, 7) is 10.9. The highest BCUT2D eigenvalue weighted by Crippen LogP contribution is 2.25. The van der Waals surface area contributed by atoms with Gasteiger partial charge in [-0.1, -0.05) is 39.0 Å². The lowest BCUT2D eigenvalue weighted by atomic mass is 9.97. The molecule has 0 atom stereocenters. The zero-order valence-corrected chi connectivity index (χ0v) is 20.8. The molecule has 8 heteroatoms. The molecule has 1 fully saturated rings. The second-order valence-corrected chi connectivity index (χ2v) is 9.96. The van der Waals surface area contributed by atoms with Gasteiger partial charge < -0.3 is 19.9 Å². The first kappa shape index (κ1) is 25.6. The lowest BCUT2D eigenvalue weighted by Crippen LogP contribution is -2.47. The standard InChI is InChI=1S/C26H36N6O2/c1-26(2,3)19-29-24-21(17-28-23(16-27)30-24)18-32(25(33)20-8-6-5-7-9-20)22-10-12-31(13-11-22)14-15-34-4/h5-9,17,22H,10-15,18-19H2,1-4H3,(H,28,29,30). The third-order valence-electron chi connectivity index (χ3n) is 5.98. The zero-order valence-electron chi connectivity index (χ0n) is 20.8. The fourth-order valence-corrected chi connectivity index (χ4v) is 4.05. The molecule has 1 saturated heterocycles. The maximum atomic E-state index is 13.6. The minimum absolute atomic E-state index is 0.00192. The molecule has 182 valence electrons. The van der Waals surface area contributed by atoms with Crippen molar-refractivity contribution in [2.75, 3.05) is 45.2 Å². The predicted molar refractivity (Wildman–Crippen MR) is 132 cm³/mol. The lowest BCUT2D eigenvalue weighted by molar-refractivity contribution is 0.0518. The molecule has 1 N–H and O–H groups in total. The van der Waals surface area contributed by atoms with E-state index >= 15 is 0 Å². The number of hydrogen-bond donors (Lipinski definition) is 1. The summed E-state index contributed by atoms with van der Waals surface area (Å²) >= 11 is 0. The summed E-state index contributed by atoms with van der Waals surface area (Å²) < 4.78 is 5.22. The molecule has 0 radical (unpaired) electrons. The lowest BCUT2D eigenvalue weighted by Gasteiger charge is -2.39. The van der Waals surface area contributed by atoms with Crippen molar-refractivity contribution in [3.05, 3.63) is 53.5 Å². The molecule has 8 nitrogen and oxygen atoms in total. The van der Waals surface area contributed by atoms with Gasteiger partial charge in [-0.15, -0.1) is 0 Å². The van der Waals surface area contributed by atoms with Gasteiger partial charge in [0.2, 0.25) is 5.82 Å². The number of likely N-dealkylation sites (tertiary alicyclic amines) is 1. The molecule has 3 rings (SSSR count). The number of piperidine rings is 1. The van der Waals surface area contributed by atoms with Crippen LogP contribution in [0.4, 0.5) is 5.82 Å². The molecule has 1 aromatic heterocycles. The third-order valence-corrected chi connectivity index (χ3v) is 5.98. The van der Waals surface area contributed by atoms with E-state index in [9.17, 15) is 10.1 Å². The molecule has 1 aromatic carbocycles. The van der Waals surface area contributed by atoms with Crippen molar-refractivity contribution in [1.29, 1.82) is 5.26 Å². The molecule has 1 amide bonds. The molecule has 0 aliphatic carbocycles.